The van der Waals surface area contributed by atoms with Gasteiger partial charge >= 0.3 is 0 Å². The zero-order chi connectivity index (χ0) is 66.9. The highest BCUT2D eigenvalue weighted by Gasteiger charge is 2.20. The molecule has 9 nitrogen and oxygen atoms in total. The topological polar surface area (TPSA) is 93.9 Å². The van der Waals surface area contributed by atoms with Gasteiger partial charge in [-0.15, -0.1) is 0 Å². The van der Waals surface area contributed by atoms with Gasteiger partial charge < -0.3 is 46.3 Å². The molecule has 0 radical (unpaired) electrons. The highest BCUT2D eigenvalue weighted by Crippen LogP contribution is 2.24. The summed E-state index contributed by atoms with van der Waals surface area (Å²) < 4.78 is 23.4. The summed E-state index contributed by atoms with van der Waals surface area (Å²) in [4.78, 5) is 2.53. The number of hydrogen-bond acceptors (Lipinski definition) is 9. The van der Waals surface area contributed by atoms with Crippen molar-refractivity contribution in [3.8, 4) is 0 Å². The van der Waals surface area contributed by atoms with E-state index in [0.717, 1.165) is 47.2 Å². The lowest BCUT2D eigenvalue weighted by Crippen LogP contribution is -2.38. The van der Waals surface area contributed by atoms with Gasteiger partial charge in [0.25, 0.3) is 0 Å². The number of nitrogens with zero attached hydrogens (tertiary/aromatic N) is 1. The second kappa shape index (κ2) is 59.7. The van der Waals surface area contributed by atoms with Crippen molar-refractivity contribution in [2.75, 3.05) is 23.0 Å². The number of halogens is 2. The van der Waals surface area contributed by atoms with Crippen molar-refractivity contribution in [3.63, 3.8) is 0 Å². The Morgan fingerprint density at radius 3 is 1.10 bits per heavy atom. The van der Waals surface area contributed by atoms with Crippen LogP contribution in [-0.2, 0) is 16.1 Å². The first-order valence-electron chi connectivity index (χ1n) is 35.3. The molecule has 4 fully saturated rings. The minimum atomic E-state index is -0.195. The highest BCUT2D eigenvalue weighted by molar-refractivity contribution is 6.30. The van der Waals surface area contributed by atoms with Gasteiger partial charge in [-0.3, -0.25) is 0 Å². The smallest absolute Gasteiger partial charge is 0.123 e. The molecule has 4 aromatic rings. The monoisotopic (exact) mass is 1310 g/mol. The number of rotatable bonds is 19. The van der Waals surface area contributed by atoms with E-state index in [1.54, 1.807) is 12.1 Å². The van der Waals surface area contributed by atoms with E-state index in [4.69, 9.17) is 21.1 Å². The van der Waals surface area contributed by atoms with Crippen LogP contribution in [0.3, 0.4) is 0 Å². The predicted molar refractivity (Wildman–Crippen MR) is 414 cm³/mol. The number of anilines is 3. The van der Waals surface area contributed by atoms with E-state index in [2.05, 4.69) is 179 Å². The fraction of sp³-hybridized carbons (Fsp3) is 0.704. The van der Waals surface area contributed by atoms with Crippen LogP contribution >= 0.6 is 11.6 Å². The summed E-state index contributed by atoms with van der Waals surface area (Å²) in [6, 6.07) is 41.7. The lowest BCUT2D eigenvalue weighted by Gasteiger charge is -2.33. The van der Waals surface area contributed by atoms with Crippen LogP contribution in [0.1, 0.15) is 282 Å². The third kappa shape index (κ3) is 58.8. The molecule has 0 aliphatic heterocycles. The minimum absolute atomic E-state index is 0. The molecular weight excluding hydrogens is 1160 g/mol. The maximum atomic E-state index is 12.4. The fourth-order valence-corrected chi connectivity index (χ4v) is 10.9. The van der Waals surface area contributed by atoms with E-state index in [1.165, 1.54) is 139 Å². The average Bonchev–Trinajstić information content (AvgIpc) is 4.32. The largest absolute Gasteiger partial charge is 0.383 e. The Morgan fingerprint density at radius 1 is 0.413 bits per heavy atom. The highest BCUT2D eigenvalue weighted by atomic mass is 35.5. The van der Waals surface area contributed by atoms with Crippen molar-refractivity contribution < 1.29 is 13.9 Å². The molecule has 11 heteroatoms. The summed E-state index contributed by atoms with van der Waals surface area (Å²) in [6.45, 7) is 43.7. The summed E-state index contributed by atoms with van der Waals surface area (Å²) >= 11 is 5.72. The van der Waals surface area contributed by atoms with E-state index < -0.39 is 0 Å². The minimum Gasteiger partial charge on any atom is -0.383 e. The summed E-state index contributed by atoms with van der Waals surface area (Å²) in [7, 11) is 2.26. The molecule has 0 unspecified atom stereocenters. The van der Waals surface area contributed by atoms with E-state index >= 15 is 0 Å². The molecule has 0 heterocycles. The van der Waals surface area contributed by atoms with Gasteiger partial charge in [-0.2, -0.15) is 0 Å². The Hall–Kier alpha value is -3.74. The molecule has 4 saturated carbocycles. The maximum absolute atomic E-state index is 12.4. The van der Waals surface area contributed by atoms with E-state index in [0.29, 0.717) is 60.6 Å². The standard InChI is InChI=1S/C10H21N.C10H14O.C9H12ClN.C9H12FN.C9H19N.C9H13N.C8H17N.C8H16O.C6H15N.3CH4/c1-9(2)11(3)10-7-5-4-6-8-10;1-9(2)11-8-10-6-4-3-5-7-10;2*1-7(2)11-9-5-3-8(10)4-6-9;2*1-8(2)10-9-6-4-3-5-7-9;2*1-7(2)9-8-5-3-4-6-8;1-5(2)7-6(3)4;;;/h9-10H,4-8H2,1-3H3;3-7,9H,8H2,1-2H3;2*3-7,11H,1-2H3;8-10H,3-7H2,1-2H3;3-8,10H,1-2H3;7-9H,3-6H2,1-2H3;7-8H,3-6H2,1-2H3;5-7H,1-4H3;3*1H4. The molecule has 0 saturated heterocycles. The van der Waals surface area contributed by atoms with Gasteiger partial charge in [-0.1, -0.05) is 202 Å². The van der Waals surface area contributed by atoms with Crippen LogP contribution in [0.5, 0.6) is 0 Å². The van der Waals surface area contributed by atoms with Crippen LogP contribution < -0.4 is 31.9 Å². The molecule has 0 aromatic heterocycles. The SMILES string of the molecule is C.C.C.CC(C)N(C)C1CCCCC1.CC(C)NC(C)C.CC(C)NC1CCCC1.CC(C)NC1CCCCC1.CC(C)Nc1ccc(Cl)cc1.CC(C)Nc1ccc(F)cc1.CC(C)Nc1ccccc1.CC(C)OC1CCCC1.CC(C)OCc1ccccc1. The summed E-state index contributed by atoms with van der Waals surface area (Å²) in [5, 5.41) is 20.9. The van der Waals surface area contributed by atoms with E-state index in [9.17, 15) is 4.39 Å². The van der Waals surface area contributed by atoms with Gasteiger partial charge in [0.05, 0.1) is 24.9 Å². The molecule has 4 aromatic carbocycles. The lowest BCUT2D eigenvalue weighted by molar-refractivity contribution is 0.0126. The molecule has 0 atom stereocenters. The molecule has 4 aliphatic rings. The van der Waals surface area contributed by atoms with Crippen molar-refractivity contribution in [2.24, 2.45) is 0 Å². The molecule has 8 rings (SSSR count). The van der Waals surface area contributed by atoms with Gasteiger partial charge in [0.15, 0.2) is 0 Å². The first-order valence-corrected chi connectivity index (χ1v) is 35.7. The normalized spacial score (nSPS) is 14.8. The van der Waals surface area contributed by atoms with Crippen molar-refractivity contribution in [1.82, 2.24) is 20.9 Å². The number of para-hydroxylation sites is 1. The van der Waals surface area contributed by atoms with Crippen molar-refractivity contribution >= 4 is 28.7 Å². The number of ether oxygens (including phenoxy) is 2. The zero-order valence-corrected chi connectivity index (χ0v) is 61.7. The fourth-order valence-electron chi connectivity index (χ4n) is 10.8. The van der Waals surface area contributed by atoms with Gasteiger partial charge in [0.1, 0.15) is 5.82 Å². The van der Waals surface area contributed by atoms with Crippen molar-refractivity contribution in [3.05, 3.63) is 126 Å². The number of benzene rings is 4. The van der Waals surface area contributed by atoms with Crippen LogP contribution in [0.15, 0.2) is 109 Å². The van der Waals surface area contributed by atoms with Crippen LogP contribution in [0.2, 0.25) is 5.02 Å². The summed E-state index contributed by atoms with van der Waals surface area (Å²) in [6.07, 6.45) is 26.7. The Morgan fingerprint density at radius 2 is 0.761 bits per heavy atom. The molecule has 6 N–H and O–H groups in total. The third-order valence-corrected chi connectivity index (χ3v) is 15.0. The average molecular weight is 1310 g/mol. The number of hydrogen-bond donors (Lipinski definition) is 6. The van der Waals surface area contributed by atoms with Gasteiger partial charge in [-0.05, 0) is 208 Å². The molecule has 4 aliphatic carbocycles. The first kappa shape index (κ1) is 94.7. The molecule has 0 spiro atoms. The predicted octanol–water partition coefficient (Wildman–Crippen LogP) is 23.5. The maximum Gasteiger partial charge on any atom is 0.123 e. The van der Waals surface area contributed by atoms with E-state index in [-0.39, 0.29) is 28.1 Å². The van der Waals surface area contributed by atoms with Crippen LogP contribution in [-0.4, -0.2) is 96.7 Å². The molecular formula is C81H151ClFN7O2. The molecule has 0 amide bonds. The van der Waals surface area contributed by atoms with Gasteiger partial charge in [0.2, 0.25) is 0 Å². The zero-order valence-electron chi connectivity index (χ0n) is 60.9. The van der Waals surface area contributed by atoms with Crippen LogP contribution in [0.4, 0.5) is 21.5 Å². The Bertz CT molecular complexity index is 2040. The third-order valence-electron chi connectivity index (χ3n) is 14.8. The Kier molecular flexibility index (Phi) is 61.5. The molecule has 92 heavy (non-hydrogen) atoms. The second-order valence-electron chi connectivity index (χ2n) is 27.7. The van der Waals surface area contributed by atoms with Gasteiger partial charge in [-0.25, -0.2) is 4.39 Å². The molecule has 0 bridgehead atoms. The Balaban J connectivity index is -0.000000473. The van der Waals surface area contributed by atoms with Gasteiger partial charge in [0, 0.05) is 88.5 Å². The van der Waals surface area contributed by atoms with E-state index in [1.807, 2.05) is 88.4 Å². The summed E-state index contributed by atoms with van der Waals surface area (Å²) in [5.74, 6) is -0.195. The quantitative estimate of drug-likeness (QED) is 0.0549. The lowest BCUT2D eigenvalue weighted by atomic mass is 9.94. The number of nitrogens with one attached hydrogen (secondary N) is 6. The second-order valence-corrected chi connectivity index (χ2v) is 28.1. The van der Waals surface area contributed by atoms with Crippen molar-refractivity contribution in [2.45, 2.75) is 368 Å². The summed E-state index contributed by atoms with van der Waals surface area (Å²) in [5.41, 5.74) is 4.50. The Labute approximate surface area is 576 Å². The van der Waals surface area contributed by atoms with Crippen molar-refractivity contribution in [1.29, 1.82) is 0 Å². The van der Waals surface area contributed by atoms with Crippen LogP contribution in [0.25, 0.3) is 0 Å². The first-order chi connectivity index (χ1) is 42.1. The van der Waals surface area contributed by atoms with Crippen LogP contribution in [0, 0.1) is 5.82 Å². The molecule has 536 valence electrons.